The minimum Gasteiger partial charge on any atom is -0.319 e. The molecule has 2 nitrogen and oxygen atoms in total. The Balaban J connectivity index is 2.01. The molecule has 2 rings (SSSR count). The van der Waals surface area contributed by atoms with Crippen LogP contribution in [0.15, 0.2) is 33.7 Å². The van der Waals surface area contributed by atoms with E-state index < -0.39 is 0 Å². The first-order chi connectivity index (χ1) is 8.79. The SMILES string of the molecule is CNC[C@@H]1CCCC[C@@H]1N=Cc1cccc(Br)c1. The lowest BCUT2D eigenvalue weighted by molar-refractivity contribution is 0.304. The zero-order chi connectivity index (χ0) is 12.8. The summed E-state index contributed by atoms with van der Waals surface area (Å²) in [5, 5.41) is 3.29. The van der Waals surface area contributed by atoms with E-state index >= 15 is 0 Å². The first-order valence-corrected chi connectivity index (χ1v) is 7.52. The van der Waals surface area contributed by atoms with Crippen molar-refractivity contribution in [3.63, 3.8) is 0 Å². The maximum Gasteiger partial charge on any atom is 0.0540 e. The zero-order valence-corrected chi connectivity index (χ0v) is 12.5. The molecule has 18 heavy (non-hydrogen) atoms. The van der Waals surface area contributed by atoms with Crippen molar-refractivity contribution in [3.05, 3.63) is 34.3 Å². The van der Waals surface area contributed by atoms with Gasteiger partial charge in [-0.05, 0) is 50.0 Å². The fraction of sp³-hybridized carbons (Fsp3) is 0.533. The van der Waals surface area contributed by atoms with Crippen molar-refractivity contribution >= 4 is 22.1 Å². The molecule has 0 spiro atoms. The first kappa shape index (κ1) is 13.8. The maximum absolute atomic E-state index is 4.81. The highest BCUT2D eigenvalue weighted by atomic mass is 79.9. The van der Waals surface area contributed by atoms with Crippen molar-refractivity contribution in [2.45, 2.75) is 31.7 Å². The van der Waals surface area contributed by atoms with Crippen LogP contribution in [0.1, 0.15) is 31.2 Å². The van der Waals surface area contributed by atoms with Gasteiger partial charge in [-0.3, -0.25) is 4.99 Å². The molecule has 2 atom stereocenters. The topological polar surface area (TPSA) is 24.4 Å². The van der Waals surface area contributed by atoms with Gasteiger partial charge in [0, 0.05) is 10.7 Å². The monoisotopic (exact) mass is 308 g/mol. The molecule has 98 valence electrons. The quantitative estimate of drug-likeness (QED) is 0.844. The molecule has 0 aliphatic heterocycles. The van der Waals surface area contributed by atoms with Crippen molar-refractivity contribution in [2.24, 2.45) is 10.9 Å². The van der Waals surface area contributed by atoms with Crippen molar-refractivity contribution in [3.8, 4) is 0 Å². The maximum atomic E-state index is 4.81. The van der Waals surface area contributed by atoms with Gasteiger partial charge < -0.3 is 5.32 Å². The standard InChI is InChI=1S/C15H21BrN2/c1-17-11-13-6-2-3-8-15(13)18-10-12-5-4-7-14(16)9-12/h4-5,7,9-10,13,15,17H,2-3,6,8,11H2,1H3/t13-,15-/m0/s1. The van der Waals surface area contributed by atoms with Crippen LogP contribution in [-0.2, 0) is 0 Å². The van der Waals surface area contributed by atoms with Crippen molar-refractivity contribution in [1.82, 2.24) is 5.32 Å². The number of halogens is 1. The number of nitrogens with zero attached hydrogens (tertiary/aromatic N) is 1. The van der Waals surface area contributed by atoms with Gasteiger partial charge in [0.1, 0.15) is 0 Å². The van der Waals surface area contributed by atoms with E-state index in [0.717, 1.165) is 11.0 Å². The van der Waals surface area contributed by atoms with Crippen molar-refractivity contribution < 1.29 is 0 Å². The highest BCUT2D eigenvalue weighted by Gasteiger charge is 2.23. The fourth-order valence-corrected chi connectivity index (χ4v) is 3.07. The average Bonchev–Trinajstić information content (AvgIpc) is 2.38. The summed E-state index contributed by atoms with van der Waals surface area (Å²) < 4.78 is 1.11. The fourth-order valence-electron chi connectivity index (χ4n) is 2.65. The van der Waals surface area contributed by atoms with Crippen LogP contribution in [0.3, 0.4) is 0 Å². The van der Waals surface area contributed by atoms with Gasteiger partial charge in [0.05, 0.1) is 6.04 Å². The molecule has 0 amide bonds. The van der Waals surface area contributed by atoms with Crippen LogP contribution in [-0.4, -0.2) is 25.8 Å². The molecule has 0 saturated heterocycles. The summed E-state index contributed by atoms with van der Waals surface area (Å²) >= 11 is 3.49. The van der Waals surface area contributed by atoms with Gasteiger partial charge in [-0.15, -0.1) is 0 Å². The molecule has 1 aliphatic carbocycles. The highest BCUT2D eigenvalue weighted by molar-refractivity contribution is 9.10. The Bertz CT molecular complexity index is 401. The molecule has 0 bridgehead atoms. The molecule has 0 aromatic heterocycles. The summed E-state index contributed by atoms with van der Waals surface area (Å²) in [6, 6.07) is 8.80. The normalized spacial score (nSPS) is 24.6. The summed E-state index contributed by atoms with van der Waals surface area (Å²) in [7, 11) is 2.03. The first-order valence-electron chi connectivity index (χ1n) is 6.73. The number of nitrogens with one attached hydrogen (secondary N) is 1. The molecule has 0 heterocycles. The highest BCUT2D eigenvalue weighted by Crippen LogP contribution is 2.26. The second-order valence-electron chi connectivity index (χ2n) is 5.00. The van der Waals surface area contributed by atoms with Crippen LogP contribution in [0.25, 0.3) is 0 Å². The lowest BCUT2D eigenvalue weighted by Crippen LogP contribution is -2.31. The molecule has 1 aromatic carbocycles. The van der Waals surface area contributed by atoms with Gasteiger partial charge in [-0.1, -0.05) is 40.9 Å². The molecular weight excluding hydrogens is 288 g/mol. The van der Waals surface area contributed by atoms with E-state index in [4.69, 9.17) is 4.99 Å². The van der Waals surface area contributed by atoms with E-state index in [1.54, 1.807) is 0 Å². The molecular formula is C15H21BrN2. The Hall–Kier alpha value is -0.670. The van der Waals surface area contributed by atoms with Crippen molar-refractivity contribution in [1.29, 1.82) is 0 Å². The average molecular weight is 309 g/mol. The number of hydrogen-bond donors (Lipinski definition) is 1. The predicted molar refractivity (Wildman–Crippen MR) is 81.4 cm³/mol. The third-order valence-electron chi connectivity index (χ3n) is 3.60. The minimum atomic E-state index is 0.491. The molecule has 0 unspecified atom stereocenters. The zero-order valence-electron chi connectivity index (χ0n) is 10.9. The van der Waals surface area contributed by atoms with Crippen LogP contribution in [0.4, 0.5) is 0 Å². The number of benzene rings is 1. The van der Waals surface area contributed by atoms with E-state index in [-0.39, 0.29) is 0 Å². The van der Waals surface area contributed by atoms with E-state index in [9.17, 15) is 0 Å². The van der Waals surface area contributed by atoms with Crippen LogP contribution >= 0.6 is 15.9 Å². The molecule has 1 fully saturated rings. The van der Waals surface area contributed by atoms with Gasteiger partial charge in [0.25, 0.3) is 0 Å². The number of rotatable bonds is 4. The lowest BCUT2D eigenvalue weighted by Gasteiger charge is -2.28. The summed E-state index contributed by atoms with van der Waals surface area (Å²) in [5.74, 6) is 0.701. The summed E-state index contributed by atoms with van der Waals surface area (Å²) in [6.45, 7) is 1.08. The lowest BCUT2D eigenvalue weighted by atomic mass is 9.85. The molecule has 1 saturated carbocycles. The second-order valence-corrected chi connectivity index (χ2v) is 5.92. The van der Waals surface area contributed by atoms with Crippen LogP contribution in [0, 0.1) is 5.92 Å². The van der Waals surface area contributed by atoms with Gasteiger partial charge >= 0.3 is 0 Å². The number of hydrogen-bond acceptors (Lipinski definition) is 2. The smallest absolute Gasteiger partial charge is 0.0540 e. The van der Waals surface area contributed by atoms with Crippen molar-refractivity contribution in [2.75, 3.05) is 13.6 Å². The minimum absolute atomic E-state index is 0.491. The van der Waals surface area contributed by atoms with Gasteiger partial charge in [-0.25, -0.2) is 0 Å². The van der Waals surface area contributed by atoms with Crippen LogP contribution in [0.5, 0.6) is 0 Å². The predicted octanol–water partition coefficient (Wildman–Crippen LogP) is 3.65. The van der Waals surface area contributed by atoms with Crippen LogP contribution in [0.2, 0.25) is 0 Å². The second kappa shape index (κ2) is 7.05. The Morgan fingerprint density at radius 2 is 2.22 bits per heavy atom. The van der Waals surface area contributed by atoms with Gasteiger partial charge in [0.15, 0.2) is 0 Å². The summed E-state index contributed by atoms with van der Waals surface area (Å²) in [6.07, 6.45) is 7.25. The Labute approximate surface area is 118 Å². The Morgan fingerprint density at radius 3 is 3.00 bits per heavy atom. The molecule has 1 N–H and O–H groups in total. The van der Waals surface area contributed by atoms with E-state index in [2.05, 4.69) is 39.4 Å². The number of aliphatic imine (C=N–C) groups is 1. The Morgan fingerprint density at radius 1 is 1.39 bits per heavy atom. The third-order valence-corrected chi connectivity index (χ3v) is 4.09. The van der Waals surface area contributed by atoms with E-state index in [1.165, 1.54) is 31.2 Å². The van der Waals surface area contributed by atoms with Crippen LogP contribution < -0.4 is 5.32 Å². The summed E-state index contributed by atoms with van der Waals surface area (Å²) in [4.78, 5) is 4.81. The summed E-state index contributed by atoms with van der Waals surface area (Å²) in [5.41, 5.74) is 1.18. The van der Waals surface area contributed by atoms with E-state index in [1.807, 2.05) is 19.3 Å². The molecule has 1 aromatic rings. The Kier molecular flexibility index (Phi) is 5.39. The largest absolute Gasteiger partial charge is 0.319 e. The molecule has 3 heteroatoms. The van der Waals surface area contributed by atoms with Gasteiger partial charge in [-0.2, -0.15) is 0 Å². The van der Waals surface area contributed by atoms with Gasteiger partial charge in [0.2, 0.25) is 0 Å². The molecule has 0 radical (unpaired) electrons. The third kappa shape index (κ3) is 3.92. The molecule has 1 aliphatic rings. The van der Waals surface area contributed by atoms with E-state index in [0.29, 0.717) is 12.0 Å².